The van der Waals surface area contributed by atoms with Gasteiger partial charge in [-0.3, -0.25) is 9.59 Å². The Hall–Kier alpha value is -2.76. The van der Waals surface area contributed by atoms with Gasteiger partial charge in [-0.25, -0.2) is 8.78 Å². The summed E-state index contributed by atoms with van der Waals surface area (Å²) in [5.74, 6) is -2.04. The monoisotopic (exact) mass is 330 g/mol. The molecule has 0 aliphatic carbocycles. The molecule has 1 fully saturated rings. The topological polar surface area (TPSA) is 49.4 Å². The number of carbonyl (C=O) groups excluding carboxylic acids is 2. The first-order chi connectivity index (χ1) is 11.5. The highest BCUT2D eigenvalue weighted by molar-refractivity contribution is 5.95. The fourth-order valence-corrected chi connectivity index (χ4v) is 2.70. The van der Waals surface area contributed by atoms with Crippen molar-refractivity contribution in [3.05, 3.63) is 59.7 Å². The van der Waals surface area contributed by atoms with E-state index in [1.165, 1.54) is 6.07 Å². The third kappa shape index (κ3) is 3.42. The van der Waals surface area contributed by atoms with Gasteiger partial charge in [0, 0.05) is 18.7 Å². The number of amides is 2. The molecule has 2 amide bonds. The highest BCUT2D eigenvalue weighted by Gasteiger charge is 2.21. The van der Waals surface area contributed by atoms with E-state index in [-0.39, 0.29) is 12.3 Å². The molecular weight excluding hydrogens is 314 g/mol. The van der Waals surface area contributed by atoms with E-state index < -0.39 is 23.2 Å². The van der Waals surface area contributed by atoms with E-state index in [0.717, 1.165) is 24.2 Å². The van der Waals surface area contributed by atoms with Gasteiger partial charge in [0.25, 0.3) is 0 Å². The van der Waals surface area contributed by atoms with Crippen molar-refractivity contribution >= 4 is 23.2 Å². The van der Waals surface area contributed by atoms with Gasteiger partial charge in [-0.2, -0.15) is 0 Å². The maximum absolute atomic E-state index is 13.5. The first-order valence-electron chi connectivity index (χ1n) is 7.68. The molecule has 124 valence electrons. The first kappa shape index (κ1) is 16.1. The van der Waals surface area contributed by atoms with Crippen molar-refractivity contribution < 1.29 is 18.4 Å². The van der Waals surface area contributed by atoms with Crippen LogP contribution in [0.25, 0.3) is 0 Å². The second-order valence-electron chi connectivity index (χ2n) is 5.64. The summed E-state index contributed by atoms with van der Waals surface area (Å²) in [6.07, 6.45) is 1.39. The molecule has 0 unspecified atom stereocenters. The molecule has 0 radical (unpaired) electrons. The molecule has 3 rings (SSSR count). The predicted molar refractivity (Wildman–Crippen MR) is 86.7 cm³/mol. The lowest BCUT2D eigenvalue weighted by Crippen LogP contribution is -2.23. The number of rotatable bonds is 4. The first-order valence-corrected chi connectivity index (χ1v) is 7.68. The number of halogens is 2. The Labute approximate surface area is 138 Å². The van der Waals surface area contributed by atoms with E-state index in [1.807, 2.05) is 0 Å². The minimum absolute atomic E-state index is 0.0119. The molecule has 1 aliphatic heterocycles. The Morgan fingerprint density at radius 2 is 1.75 bits per heavy atom. The van der Waals surface area contributed by atoms with Gasteiger partial charge in [0.1, 0.15) is 17.3 Å². The lowest BCUT2D eigenvalue weighted by Gasteiger charge is -2.16. The van der Waals surface area contributed by atoms with Gasteiger partial charge in [0.2, 0.25) is 11.8 Å². The number of hydrogen-bond donors (Lipinski definition) is 1. The molecular formula is C18H16F2N2O2. The quantitative estimate of drug-likeness (QED) is 0.935. The number of para-hydroxylation sites is 1. The number of carbonyl (C=O) groups is 2. The van der Waals surface area contributed by atoms with Crippen molar-refractivity contribution in [1.29, 1.82) is 0 Å². The van der Waals surface area contributed by atoms with Crippen molar-refractivity contribution in [3.8, 4) is 0 Å². The van der Waals surface area contributed by atoms with Crippen molar-refractivity contribution in [1.82, 2.24) is 0 Å². The van der Waals surface area contributed by atoms with Crippen LogP contribution in [0.2, 0.25) is 0 Å². The van der Waals surface area contributed by atoms with Gasteiger partial charge in [-0.05, 0) is 36.2 Å². The van der Waals surface area contributed by atoms with E-state index in [4.69, 9.17) is 0 Å². The van der Waals surface area contributed by atoms with Gasteiger partial charge in [0.05, 0.1) is 6.42 Å². The molecule has 2 aromatic rings. The summed E-state index contributed by atoms with van der Waals surface area (Å²) < 4.78 is 27.0. The number of nitrogens with zero attached hydrogens (tertiary/aromatic N) is 1. The maximum Gasteiger partial charge on any atom is 0.228 e. The molecule has 2 aromatic carbocycles. The van der Waals surface area contributed by atoms with Crippen molar-refractivity contribution in [2.75, 3.05) is 16.8 Å². The van der Waals surface area contributed by atoms with Crippen LogP contribution in [0.1, 0.15) is 18.4 Å². The van der Waals surface area contributed by atoms with E-state index in [1.54, 1.807) is 29.2 Å². The maximum atomic E-state index is 13.5. The van der Waals surface area contributed by atoms with Gasteiger partial charge < -0.3 is 10.2 Å². The molecule has 0 aromatic heterocycles. The second kappa shape index (κ2) is 6.78. The number of benzene rings is 2. The molecule has 0 saturated carbocycles. The molecule has 0 atom stereocenters. The van der Waals surface area contributed by atoms with Crippen LogP contribution in [-0.2, 0) is 16.0 Å². The Kier molecular flexibility index (Phi) is 4.55. The average molecular weight is 330 g/mol. The van der Waals surface area contributed by atoms with Crippen LogP contribution in [0.4, 0.5) is 20.2 Å². The average Bonchev–Trinajstić information content (AvgIpc) is 2.98. The predicted octanol–water partition coefficient (Wildman–Crippen LogP) is 3.27. The molecule has 1 saturated heterocycles. The molecule has 4 nitrogen and oxygen atoms in total. The molecule has 24 heavy (non-hydrogen) atoms. The normalized spacial score (nSPS) is 14.1. The summed E-state index contributed by atoms with van der Waals surface area (Å²) in [5.41, 5.74) is 1.04. The van der Waals surface area contributed by atoms with Gasteiger partial charge in [-0.15, -0.1) is 0 Å². The summed E-state index contributed by atoms with van der Waals surface area (Å²) >= 11 is 0. The molecule has 1 aliphatic rings. The van der Waals surface area contributed by atoms with Crippen LogP contribution in [-0.4, -0.2) is 18.4 Å². The highest BCUT2D eigenvalue weighted by Crippen LogP contribution is 2.22. The SMILES string of the molecule is O=C(Cc1ccc(N2CCCC2=O)cc1)Nc1c(F)cccc1F. The van der Waals surface area contributed by atoms with Crippen molar-refractivity contribution in [2.45, 2.75) is 19.3 Å². The number of nitrogens with one attached hydrogen (secondary N) is 1. The summed E-state index contributed by atoms with van der Waals surface area (Å²) in [5, 5.41) is 2.25. The Morgan fingerprint density at radius 1 is 1.08 bits per heavy atom. The van der Waals surface area contributed by atoms with Crippen LogP contribution in [0, 0.1) is 11.6 Å². The van der Waals surface area contributed by atoms with Crippen LogP contribution in [0.5, 0.6) is 0 Å². The van der Waals surface area contributed by atoms with Crippen molar-refractivity contribution in [3.63, 3.8) is 0 Å². The van der Waals surface area contributed by atoms with Crippen LogP contribution >= 0.6 is 0 Å². The van der Waals surface area contributed by atoms with Crippen LogP contribution in [0.3, 0.4) is 0 Å². The van der Waals surface area contributed by atoms with Crippen molar-refractivity contribution in [2.24, 2.45) is 0 Å². The van der Waals surface area contributed by atoms with E-state index >= 15 is 0 Å². The largest absolute Gasteiger partial charge is 0.321 e. The highest BCUT2D eigenvalue weighted by atomic mass is 19.1. The molecule has 0 bridgehead atoms. The Balaban J connectivity index is 1.65. The molecule has 6 heteroatoms. The fourth-order valence-electron chi connectivity index (χ4n) is 2.70. The third-order valence-electron chi connectivity index (χ3n) is 3.91. The summed E-state index contributed by atoms with van der Waals surface area (Å²) in [6.45, 7) is 0.700. The summed E-state index contributed by atoms with van der Waals surface area (Å²) in [7, 11) is 0. The number of hydrogen-bond acceptors (Lipinski definition) is 2. The standard InChI is InChI=1S/C18H16F2N2O2/c19-14-3-1-4-15(20)18(14)21-16(23)11-12-6-8-13(9-7-12)22-10-2-5-17(22)24/h1,3-4,6-9H,2,5,10-11H2,(H,21,23). The lowest BCUT2D eigenvalue weighted by molar-refractivity contribution is -0.117. The Bertz CT molecular complexity index is 755. The minimum atomic E-state index is -0.814. The van der Waals surface area contributed by atoms with E-state index in [9.17, 15) is 18.4 Å². The smallest absolute Gasteiger partial charge is 0.228 e. The van der Waals surface area contributed by atoms with Gasteiger partial charge >= 0.3 is 0 Å². The van der Waals surface area contributed by atoms with E-state index in [2.05, 4.69) is 5.32 Å². The zero-order valence-electron chi connectivity index (χ0n) is 12.9. The number of anilines is 2. The summed E-state index contributed by atoms with van der Waals surface area (Å²) in [4.78, 5) is 25.4. The zero-order chi connectivity index (χ0) is 17.1. The fraction of sp³-hybridized carbons (Fsp3) is 0.222. The van der Waals surface area contributed by atoms with Gasteiger partial charge in [-0.1, -0.05) is 18.2 Å². The summed E-state index contributed by atoms with van der Waals surface area (Å²) in [6, 6.07) is 10.4. The van der Waals surface area contributed by atoms with Crippen LogP contribution in [0.15, 0.2) is 42.5 Å². The van der Waals surface area contributed by atoms with E-state index in [0.29, 0.717) is 18.5 Å². The minimum Gasteiger partial charge on any atom is -0.321 e. The van der Waals surface area contributed by atoms with Gasteiger partial charge in [0.15, 0.2) is 0 Å². The lowest BCUT2D eigenvalue weighted by atomic mass is 10.1. The third-order valence-corrected chi connectivity index (χ3v) is 3.91. The zero-order valence-corrected chi connectivity index (χ0v) is 12.9. The second-order valence-corrected chi connectivity index (χ2v) is 5.64. The molecule has 1 heterocycles. The molecule has 1 N–H and O–H groups in total. The molecule has 0 spiro atoms. The van der Waals surface area contributed by atoms with Crippen LogP contribution < -0.4 is 10.2 Å². The Morgan fingerprint density at radius 3 is 2.33 bits per heavy atom.